The van der Waals surface area contributed by atoms with Crippen LogP contribution in [0.5, 0.6) is 0 Å². The Morgan fingerprint density at radius 1 is 1.28 bits per heavy atom. The lowest BCUT2D eigenvalue weighted by Gasteiger charge is -2.58. The minimum atomic E-state index is -0.838. The highest BCUT2D eigenvalue weighted by atomic mass is 17.3. The van der Waals surface area contributed by atoms with Crippen LogP contribution in [0.3, 0.4) is 0 Å². The van der Waals surface area contributed by atoms with Crippen LogP contribution in [-0.2, 0) is 30.6 Å². The average molecular weight is 348 g/mol. The average Bonchev–Trinajstić information content (AvgIpc) is 2.99. The van der Waals surface area contributed by atoms with E-state index >= 15 is 0 Å². The molecule has 7 atom stereocenters. The maximum Gasteiger partial charge on any atom is 0.313 e. The molecule has 1 spiro atoms. The highest BCUT2D eigenvalue weighted by Crippen LogP contribution is 2.59. The molecule has 1 unspecified atom stereocenters. The van der Waals surface area contributed by atoms with Crippen LogP contribution in [0, 0.1) is 23.7 Å². The zero-order valence-electron chi connectivity index (χ0n) is 14.6. The van der Waals surface area contributed by atoms with Crippen molar-refractivity contribution >= 4 is 5.97 Å². The molecule has 25 heavy (non-hydrogen) atoms. The minimum Gasteiger partial charge on any atom is -0.432 e. The number of hydrogen-bond donors (Lipinski definition) is 0. The van der Waals surface area contributed by atoms with Crippen LogP contribution in [0.15, 0.2) is 18.7 Å². The molecule has 5 aliphatic rings. The second-order valence-electron chi connectivity index (χ2n) is 8.21. The molecule has 4 aliphatic heterocycles. The summed E-state index contributed by atoms with van der Waals surface area (Å²) in [5, 5.41) is 0. The number of aromatic nitrogens is 2. The van der Waals surface area contributed by atoms with E-state index in [1.165, 1.54) is 0 Å². The Hall–Kier alpha value is -1.44. The van der Waals surface area contributed by atoms with Crippen molar-refractivity contribution in [2.45, 2.75) is 63.8 Å². The fraction of sp³-hybridized carbons (Fsp3) is 0.778. The van der Waals surface area contributed by atoms with Gasteiger partial charge in [0, 0.05) is 37.2 Å². The van der Waals surface area contributed by atoms with Gasteiger partial charge >= 0.3 is 5.97 Å². The van der Waals surface area contributed by atoms with E-state index < -0.39 is 17.7 Å². The Labute approximate surface area is 146 Å². The van der Waals surface area contributed by atoms with Crippen LogP contribution in [0.25, 0.3) is 0 Å². The predicted octanol–water partition coefficient (Wildman–Crippen LogP) is 2.27. The van der Waals surface area contributed by atoms with Crippen LogP contribution in [0.4, 0.5) is 0 Å². The first kappa shape index (κ1) is 15.8. The zero-order chi connectivity index (χ0) is 17.2. The van der Waals surface area contributed by atoms with Gasteiger partial charge < -0.3 is 14.0 Å². The molecule has 5 fully saturated rings. The smallest absolute Gasteiger partial charge is 0.313 e. The van der Waals surface area contributed by atoms with Crippen molar-refractivity contribution in [2.75, 3.05) is 0 Å². The minimum absolute atomic E-state index is 0.0185. The lowest BCUT2D eigenvalue weighted by molar-refractivity contribution is -0.559. The second-order valence-corrected chi connectivity index (χ2v) is 8.21. The van der Waals surface area contributed by atoms with E-state index in [1.807, 2.05) is 17.7 Å². The molecule has 7 heteroatoms. The van der Waals surface area contributed by atoms with E-state index in [9.17, 15) is 4.79 Å². The number of rotatable bonds is 2. The van der Waals surface area contributed by atoms with Gasteiger partial charge in [0.15, 0.2) is 5.60 Å². The number of carbonyl (C=O) groups excluding carboxylic acids is 1. The van der Waals surface area contributed by atoms with Gasteiger partial charge in [0.25, 0.3) is 0 Å². The lowest BCUT2D eigenvalue weighted by Crippen LogP contribution is -2.70. The van der Waals surface area contributed by atoms with E-state index in [0.29, 0.717) is 12.5 Å². The van der Waals surface area contributed by atoms with Gasteiger partial charge in [-0.15, -0.1) is 0 Å². The Morgan fingerprint density at radius 3 is 2.96 bits per heavy atom. The third-order valence-electron chi connectivity index (χ3n) is 6.75. The first-order valence-corrected chi connectivity index (χ1v) is 9.23. The molecule has 1 saturated carbocycles. The summed E-state index contributed by atoms with van der Waals surface area (Å²) in [6.07, 6.45) is 8.34. The molecular formula is C18H24N2O5. The summed E-state index contributed by atoms with van der Waals surface area (Å²) < 4.78 is 13.9. The number of hydrogen-bond acceptors (Lipinski definition) is 6. The first-order valence-electron chi connectivity index (χ1n) is 9.23. The molecule has 0 N–H and O–H groups in total. The maximum atomic E-state index is 12.8. The summed E-state index contributed by atoms with van der Waals surface area (Å²) in [5.41, 5.74) is -0.702. The molecule has 136 valence electrons. The number of ether oxygens (including phenoxy) is 2. The van der Waals surface area contributed by atoms with Crippen LogP contribution in [0.1, 0.15) is 39.5 Å². The molecule has 6 rings (SSSR count). The summed E-state index contributed by atoms with van der Waals surface area (Å²) in [6.45, 7) is 4.67. The monoisotopic (exact) mass is 348 g/mol. The van der Waals surface area contributed by atoms with Crippen molar-refractivity contribution in [1.29, 1.82) is 0 Å². The van der Waals surface area contributed by atoms with Gasteiger partial charge in [-0.05, 0) is 32.1 Å². The van der Waals surface area contributed by atoms with Crippen molar-refractivity contribution in [3.05, 3.63) is 18.7 Å². The Balaban J connectivity index is 1.57. The Bertz CT molecular complexity index is 679. The number of fused-ring (bicyclic) bond motifs is 2. The van der Waals surface area contributed by atoms with Gasteiger partial charge in [0.1, 0.15) is 0 Å². The summed E-state index contributed by atoms with van der Waals surface area (Å²) in [7, 11) is 0. The molecule has 4 saturated heterocycles. The van der Waals surface area contributed by atoms with E-state index in [1.54, 1.807) is 12.5 Å². The molecule has 7 nitrogen and oxygen atoms in total. The van der Waals surface area contributed by atoms with Crippen LogP contribution >= 0.6 is 0 Å². The van der Waals surface area contributed by atoms with Crippen molar-refractivity contribution in [1.82, 2.24) is 9.55 Å². The molecule has 1 aromatic heterocycles. The second kappa shape index (κ2) is 5.28. The van der Waals surface area contributed by atoms with Crippen LogP contribution < -0.4 is 0 Å². The lowest BCUT2D eigenvalue weighted by atomic mass is 9.58. The van der Waals surface area contributed by atoms with E-state index in [0.717, 1.165) is 25.7 Å². The summed E-state index contributed by atoms with van der Waals surface area (Å²) >= 11 is 0. The van der Waals surface area contributed by atoms with E-state index in [2.05, 4.69) is 11.9 Å². The van der Waals surface area contributed by atoms with Gasteiger partial charge in [-0.25, -0.2) is 14.8 Å². The number of carbonyl (C=O) groups is 1. The fourth-order valence-corrected chi connectivity index (χ4v) is 5.44. The van der Waals surface area contributed by atoms with Crippen molar-refractivity contribution < 1.29 is 24.0 Å². The topological polar surface area (TPSA) is 71.8 Å². The standard InChI is InChI=1S/C18H24N2O5/c1-11-3-4-14-12(9-20-8-7-19-10-20)15(21)22-16-18(14)13(11)5-6-17(2,23-16)24-25-18/h7-8,10-14,16H,3-6,9H2,1-2H3/t11-,12?,13+,14+,16-,17-,18-/m1/s1. The van der Waals surface area contributed by atoms with Crippen molar-refractivity contribution in [3.63, 3.8) is 0 Å². The van der Waals surface area contributed by atoms with Crippen molar-refractivity contribution in [2.24, 2.45) is 23.7 Å². The zero-order valence-corrected chi connectivity index (χ0v) is 14.6. The van der Waals surface area contributed by atoms with Gasteiger partial charge in [-0.1, -0.05) is 6.92 Å². The molecule has 0 amide bonds. The number of imidazole rings is 1. The van der Waals surface area contributed by atoms with Crippen LogP contribution in [0.2, 0.25) is 0 Å². The first-order chi connectivity index (χ1) is 12.0. The molecule has 2 bridgehead atoms. The Kier molecular flexibility index (Phi) is 3.34. The van der Waals surface area contributed by atoms with Gasteiger partial charge in [0.2, 0.25) is 12.1 Å². The molecule has 0 radical (unpaired) electrons. The van der Waals surface area contributed by atoms with E-state index in [4.69, 9.17) is 19.2 Å². The summed E-state index contributed by atoms with van der Waals surface area (Å²) in [6, 6.07) is 0. The quantitative estimate of drug-likeness (QED) is 0.603. The fourth-order valence-electron chi connectivity index (χ4n) is 5.44. The highest BCUT2D eigenvalue weighted by molar-refractivity contribution is 5.74. The number of esters is 1. The van der Waals surface area contributed by atoms with Gasteiger partial charge in [0.05, 0.1) is 12.2 Å². The van der Waals surface area contributed by atoms with Gasteiger partial charge in [-0.2, -0.15) is 0 Å². The molecule has 1 aromatic rings. The summed E-state index contributed by atoms with van der Waals surface area (Å²) in [4.78, 5) is 28.7. The number of nitrogens with zero attached hydrogens (tertiary/aromatic N) is 2. The summed E-state index contributed by atoms with van der Waals surface area (Å²) in [5.74, 6) is -0.562. The van der Waals surface area contributed by atoms with Gasteiger partial charge in [-0.3, -0.25) is 4.79 Å². The predicted molar refractivity (Wildman–Crippen MR) is 84.6 cm³/mol. The largest absolute Gasteiger partial charge is 0.432 e. The SMILES string of the molecule is C[C@@H]1CC[C@H]2C(Cn3ccnc3)C(=O)O[C@@H]3O[C@@]4(C)CC[C@@H]1[C@]32OO4. The van der Waals surface area contributed by atoms with Crippen LogP contribution in [-0.4, -0.2) is 33.2 Å². The Morgan fingerprint density at radius 2 is 2.16 bits per heavy atom. The molecule has 0 aromatic carbocycles. The molecule has 5 heterocycles. The molecule has 1 aliphatic carbocycles. The van der Waals surface area contributed by atoms with Crippen molar-refractivity contribution in [3.8, 4) is 0 Å². The highest BCUT2D eigenvalue weighted by Gasteiger charge is 2.70. The van der Waals surface area contributed by atoms with E-state index in [-0.39, 0.29) is 23.7 Å². The molecular weight excluding hydrogens is 324 g/mol. The third kappa shape index (κ3) is 2.15. The normalized spacial score (nSPS) is 48.6. The third-order valence-corrected chi connectivity index (χ3v) is 6.75. The maximum absolute atomic E-state index is 12.8.